The van der Waals surface area contributed by atoms with Crippen molar-refractivity contribution in [2.75, 3.05) is 0 Å². The van der Waals surface area contributed by atoms with E-state index >= 15 is 0 Å². The number of rotatable bonds is 6. The average Bonchev–Trinajstić information content (AvgIpc) is 3.12. The first kappa shape index (κ1) is 20.3. The van der Waals surface area contributed by atoms with E-state index in [1.807, 2.05) is 0 Å². The van der Waals surface area contributed by atoms with Crippen molar-refractivity contribution in [1.29, 1.82) is 0 Å². The van der Waals surface area contributed by atoms with E-state index in [4.69, 9.17) is 14.6 Å². The van der Waals surface area contributed by atoms with Crippen LogP contribution in [0.2, 0.25) is 0 Å². The van der Waals surface area contributed by atoms with Gasteiger partial charge in [-0.3, -0.25) is 0 Å². The zero-order valence-corrected chi connectivity index (χ0v) is 16.0. The molecule has 0 atom stereocenters. The number of halogens is 3. The summed E-state index contributed by atoms with van der Waals surface area (Å²) in [5.74, 6) is -1.36. The molecule has 0 bridgehead atoms. The first-order chi connectivity index (χ1) is 14.9. The highest BCUT2D eigenvalue weighted by Gasteiger charge is 2.13. The summed E-state index contributed by atoms with van der Waals surface area (Å²) in [5, 5.41) is 9.47. The summed E-state index contributed by atoms with van der Waals surface area (Å²) in [6.07, 6.45) is 0.294. The van der Waals surface area contributed by atoms with E-state index in [-0.39, 0.29) is 24.5 Å². The molecule has 0 aliphatic heterocycles. The van der Waals surface area contributed by atoms with Crippen molar-refractivity contribution in [3.05, 3.63) is 95.4 Å². The fourth-order valence-electron chi connectivity index (χ4n) is 3.31. The van der Waals surface area contributed by atoms with Crippen molar-refractivity contribution in [1.82, 2.24) is 4.57 Å². The smallest absolute Gasteiger partial charge is 0.488 e. The molecule has 1 N–H and O–H groups in total. The Hall–Kier alpha value is -3.94. The van der Waals surface area contributed by atoms with Crippen molar-refractivity contribution in [3.63, 3.8) is 0 Å². The average molecular weight is 427 g/mol. The summed E-state index contributed by atoms with van der Waals surface area (Å²) in [5.41, 5.74) is 1.33. The lowest BCUT2D eigenvalue weighted by atomic mass is 10.1. The van der Waals surface area contributed by atoms with Crippen LogP contribution in [0.15, 0.2) is 66.9 Å². The minimum absolute atomic E-state index is 0.159. The number of carbonyl (C=O) groups is 1. The molecule has 0 aliphatic rings. The van der Waals surface area contributed by atoms with Crippen LogP contribution in [0.4, 0.5) is 18.0 Å². The minimum Gasteiger partial charge on any atom is -0.488 e. The molecule has 3 aromatic carbocycles. The molecule has 0 fully saturated rings. The fraction of sp³-hybridized carbons (Fsp3) is 0.0870. The Labute approximate surface area is 174 Å². The number of carboxylic acid groups (broad SMARTS) is 1. The highest BCUT2D eigenvalue weighted by Crippen LogP contribution is 2.29. The molecule has 0 saturated carbocycles. The summed E-state index contributed by atoms with van der Waals surface area (Å²) in [7, 11) is 0. The third kappa shape index (κ3) is 4.48. The van der Waals surface area contributed by atoms with Gasteiger partial charge in [0.25, 0.3) is 0 Å². The van der Waals surface area contributed by atoms with Gasteiger partial charge in [-0.1, -0.05) is 6.07 Å². The normalized spacial score (nSPS) is 10.9. The van der Waals surface area contributed by atoms with Crippen LogP contribution in [0, 0.1) is 17.5 Å². The van der Waals surface area contributed by atoms with Gasteiger partial charge in [0.15, 0.2) is 0 Å². The molecule has 4 aromatic rings. The van der Waals surface area contributed by atoms with Crippen molar-refractivity contribution >= 4 is 17.1 Å². The molecule has 0 aliphatic carbocycles. The molecular weight excluding hydrogens is 411 g/mol. The van der Waals surface area contributed by atoms with E-state index in [1.54, 1.807) is 29.0 Å². The van der Waals surface area contributed by atoms with Crippen LogP contribution in [0.3, 0.4) is 0 Å². The van der Waals surface area contributed by atoms with Crippen LogP contribution in [0.25, 0.3) is 10.9 Å². The first-order valence-electron chi connectivity index (χ1n) is 9.24. The van der Waals surface area contributed by atoms with Gasteiger partial charge in [0.2, 0.25) is 0 Å². The Morgan fingerprint density at radius 2 is 1.68 bits per heavy atom. The monoisotopic (exact) mass is 427 g/mol. The van der Waals surface area contributed by atoms with Gasteiger partial charge in [-0.05, 0) is 48.5 Å². The minimum atomic E-state index is -1.42. The molecule has 0 radical (unpaired) electrons. The quantitative estimate of drug-likeness (QED) is 0.315. The first-order valence-corrected chi connectivity index (χ1v) is 9.24. The van der Waals surface area contributed by atoms with Crippen molar-refractivity contribution in [2.24, 2.45) is 0 Å². The summed E-state index contributed by atoms with van der Waals surface area (Å²) in [4.78, 5) is 10.9. The number of aromatic nitrogens is 1. The zero-order chi connectivity index (χ0) is 22.0. The maximum atomic E-state index is 13.9. The molecule has 0 saturated heterocycles. The lowest BCUT2D eigenvalue weighted by Gasteiger charge is -2.14. The Morgan fingerprint density at radius 3 is 2.45 bits per heavy atom. The van der Waals surface area contributed by atoms with Gasteiger partial charge in [0.1, 0.15) is 35.6 Å². The van der Waals surface area contributed by atoms with Gasteiger partial charge in [-0.2, -0.15) is 0 Å². The predicted octanol–water partition coefficient (Wildman–Crippen LogP) is 5.74. The molecule has 5 nitrogen and oxygen atoms in total. The summed E-state index contributed by atoms with van der Waals surface area (Å²) < 4.78 is 53.2. The van der Waals surface area contributed by atoms with E-state index in [0.29, 0.717) is 22.2 Å². The molecule has 1 heterocycles. The van der Waals surface area contributed by atoms with Gasteiger partial charge < -0.3 is 19.1 Å². The van der Waals surface area contributed by atoms with E-state index in [9.17, 15) is 18.0 Å². The maximum Gasteiger partial charge on any atom is 0.511 e. The van der Waals surface area contributed by atoms with E-state index in [2.05, 4.69) is 0 Å². The highest BCUT2D eigenvalue weighted by atomic mass is 19.1. The number of nitrogens with zero attached hydrogens (tertiary/aromatic N) is 1. The third-order valence-corrected chi connectivity index (χ3v) is 4.73. The number of hydrogen-bond donors (Lipinski definition) is 1. The van der Waals surface area contributed by atoms with Crippen LogP contribution in [0.5, 0.6) is 11.5 Å². The zero-order valence-electron chi connectivity index (χ0n) is 16.0. The summed E-state index contributed by atoms with van der Waals surface area (Å²) in [6.45, 7) is 0.0484. The van der Waals surface area contributed by atoms with Gasteiger partial charge >= 0.3 is 6.16 Å². The number of hydrogen-bond acceptors (Lipinski definition) is 3. The Balaban J connectivity index is 1.62. The van der Waals surface area contributed by atoms with Crippen LogP contribution in [-0.2, 0) is 13.2 Å². The maximum absolute atomic E-state index is 13.9. The topological polar surface area (TPSA) is 60.7 Å². The van der Waals surface area contributed by atoms with Crippen LogP contribution < -0.4 is 9.47 Å². The Morgan fingerprint density at radius 1 is 0.903 bits per heavy atom. The van der Waals surface area contributed by atoms with Crippen LogP contribution in [-0.4, -0.2) is 15.8 Å². The van der Waals surface area contributed by atoms with E-state index in [1.165, 1.54) is 30.3 Å². The summed E-state index contributed by atoms with van der Waals surface area (Å²) in [6, 6.07) is 13.8. The molecular formula is C23H16F3NO4. The molecule has 0 spiro atoms. The molecule has 0 unspecified atom stereocenters. The van der Waals surface area contributed by atoms with Crippen LogP contribution in [0.1, 0.15) is 11.1 Å². The van der Waals surface area contributed by atoms with Crippen molar-refractivity contribution in [2.45, 2.75) is 13.2 Å². The van der Waals surface area contributed by atoms with Crippen LogP contribution >= 0.6 is 0 Å². The summed E-state index contributed by atoms with van der Waals surface area (Å²) >= 11 is 0. The second kappa shape index (κ2) is 8.43. The molecule has 1 aromatic heterocycles. The lowest BCUT2D eigenvalue weighted by Crippen LogP contribution is -2.05. The van der Waals surface area contributed by atoms with Gasteiger partial charge in [0, 0.05) is 28.8 Å². The standard InChI is InChI=1S/C23H16F3NO4/c24-16-6-7-21(30-13-14-4-5-17(25)11-19(14)26)15(10-16)12-27-9-8-18-20(27)2-1-3-22(18)31-23(28)29/h1-11H,12-13H2,(H,28,29). The SMILES string of the molecule is O=C(O)Oc1cccc2c1ccn2Cc1cc(F)ccc1OCc1ccc(F)cc1F. The Kier molecular flexibility index (Phi) is 5.53. The van der Waals surface area contributed by atoms with E-state index < -0.39 is 23.6 Å². The van der Waals surface area contributed by atoms with Crippen molar-refractivity contribution in [3.8, 4) is 11.5 Å². The van der Waals surface area contributed by atoms with E-state index in [0.717, 1.165) is 12.1 Å². The molecule has 4 rings (SSSR count). The largest absolute Gasteiger partial charge is 0.511 e. The lowest BCUT2D eigenvalue weighted by molar-refractivity contribution is 0.145. The fourth-order valence-corrected chi connectivity index (χ4v) is 3.31. The van der Waals surface area contributed by atoms with Crippen molar-refractivity contribution < 1.29 is 32.5 Å². The van der Waals surface area contributed by atoms with Gasteiger partial charge in [-0.15, -0.1) is 0 Å². The highest BCUT2D eigenvalue weighted by molar-refractivity contribution is 5.88. The number of benzene rings is 3. The predicted molar refractivity (Wildman–Crippen MR) is 107 cm³/mol. The second-order valence-electron chi connectivity index (χ2n) is 6.78. The molecule has 158 valence electrons. The molecule has 8 heteroatoms. The molecule has 0 amide bonds. The third-order valence-electron chi connectivity index (χ3n) is 4.73. The Bertz CT molecular complexity index is 1270. The number of ether oxygens (including phenoxy) is 2. The molecule has 31 heavy (non-hydrogen) atoms. The van der Waals surface area contributed by atoms with Gasteiger partial charge in [0.05, 0.1) is 12.1 Å². The van der Waals surface area contributed by atoms with Gasteiger partial charge in [-0.25, -0.2) is 18.0 Å². The second-order valence-corrected chi connectivity index (χ2v) is 6.78. The number of fused-ring (bicyclic) bond motifs is 1.